The lowest BCUT2D eigenvalue weighted by molar-refractivity contribution is -0.131. The Hall–Kier alpha value is -3.10. The zero-order valence-corrected chi connectivity index (χ0v) is 11.0. The van der Waals surface area contributed by atoms with Gasteiger partial charge in [0.25, 0.3) is 5.91 Å². The molecule has 1 unspecified atom stereocenters. The molecule has 2 heterocycles. The molecule has 9 heteroatoms. The van der Waals surface area contributed by atoms with Crippen LogP contribution in [0, 0.1) is 0 Å². The summed E-state index contributed by atoms with van der Waals surface area (Å²) >= 11 is 0. The Labute approximate surface area is 119 Å². The lowest BCUT2D eigenvalue weighted by atomic mass is 10.1. The van der Waals surface area contributed by atoms with Gasteiger partial charge in [0.1, 0.15) is 0 Å². The molecule has 0 bridgehead atoms. The van der Waals surface area contributed by atoms with E-state index in [2.05, 4.69) is 30.9 Å². The van der Waals surface area contributed by atoms with E-state index in [0.29, 0.717) is 17.0 Å². The van der Waals surface area contributed by atoms with Gasteiger partial charge in [-0.1, -0.05) is 5.21 Å². The van der Waals surface area contributed by atoms with Gasteiger partial charge in [0.05, 0.1) is 11.6 Å². The van der Waals surface area contributed by atoms with Gasteiger partial charge in [0.2, 0.25) is 0 Å². The number of nitrogens with zero attached hydrogens (tertiary/aromatic N) is 4. The van der Waals surface area contributed by atoms with E-state index in [0.717, 1.165) is 6.08 Å². The third kappa shape index (κ3) is 3.93. The summed E-state index contributed by atoms with van der Waals surface area (Å²) in [6.07, 6.45) is 5.17. The third-order valence-electron chi connectivity index (χ3n) is 2.54. The van der Waals surface area contributed by atoms with Crippen molar-refractivity contribution in [1.82, 2.24) is 30.9 Å². The molecular weight excluding hydrogens is 276 g/mol. The Morgan fingerprint density at radius 2 is 2.24 bits per heavy atom. The molecule has 0 radical (unpaired) electrons. The first kappa shape index (κ1) is 14.3. The van der Waals surface area contributed by atoms with Crippen molar-refractivity contribution >= 4 is 18.0 Å². The number of carbonyl (C=O) groups excluding carboxylic acids is 1. The number of carboxylic acids is 1. The molecule has 0 spiro atoms. The number of hydrogen-bond acceptors (Lipinski definition) is 6. The normalized spacial score (nSPS) is 12.2. The highest BCUT2D eigenvalue weighted by Gasteiger charge is 2.15. The molecule has 21 heavy (non-hydrogen) atoms. The third-order valence-corrected chi connectivity index (χ3v) is 2.54. The van der Waals surface area contributed by atoms with Crippen molar-refractivity contribution in [1.29, 1.82) is 0 Å². The summed E-state index contributed by atoms with van der Waals surface area (Å²) in [5.74, 6) is -1.08. The van der Waals surface area contributed by atoms with Crippen molar-refractivity contribution in [3.63, 3.8) is 0 Å². The van der Waals surface area contributed by atoms with Crippen LogP contribution in [0.25, 0.3) is 6.08 Å². The van der Waals surface area contributed by atoms with Gasteiger partial charge >= 0.3 is 5.97 Å². The summed E-state index contributed by atoms with van der Waals surface area (Å²) in [6.45, 7) is 1.71. The molecular formula is C12H12N6O3. The van der Waals surface area contributed by atoms with Crippen LogP contribution in [-0.2, 0) is 4.79 Å². The quantitative estimate of drug-likeness (QED) is 0.668. The summed E-state index contributed by atoms with van der Waals surface area (Å²) in [5.41, 5.74) is 0.815. The van der Waals surface area contributed by atoms with E-state index in [1.807, 2.05) is 0 Å². The number of aromatic amines is 1. The fraction of sp³-hybridized carbons (Fsp3) is 0.167. The zero-order valence-electron chi connectivity index (χ0n) is 11.0. The molecule has 0 fully saturated rings. The van der Waals surface area contributed by atoms with Crippen molar-refractivity contribution in [2.45, 2.75) is 13.0 Å². The van der Waals surface area contributed by atoms with Crippen LogP contribution < -0.4 is 5.32 Å². The second-order valence-electron chi connectivity index (χ2n) is 4.14. The average molecular weight is 288 g/mol. The Morgan fingerprint density at radius 1 is 1.43 bits per heavy atom. The summed E-state index contributed by atoms with van der Waals surface area (Å²) < 4.78 is 0. The molecule has 1 amide bonds. The van der Waals surface area contributed by atoms with Gasteiger partial charge in [-0.05, 0) is 24.6 Å². The van der Waals surface area contributed by atoms with E-state index < -0.39 is 12.0 Å². The van der Waals surface area contributed by atoms with Gasteiger partial charge < -0.3 is 10.4 Å². The van der Waals surface area contributed by atoms with E-state index in [-0.39, 0.29) is 5.91 Å². The molecule has 0 aromatic carbocycles. The standard InChI is InChI=1S/C12H12N6O3/c1-7(11-15-17-18-16-11)14-12(21)9-4-8(5-13-6-9)2-3-10(19)20/h2-7H,1H3,(H,14,21)(H,19,20)(H,15,16,17,18). The fourth-order valence-corrected chi connectivity index (χ4v) is 1.54. The lowest BCUT2D eigenvalue weighted by Gasteiger charge is -2.09. The van der Waals surface area contributed by atoms with Crippen LogP contribution in [0.1, 0.15) is 34.7 Å². The molecule has 0 aliphatic rings. The number of aromatic nitrogens is 5. The Balaban J connectivity index is 2.09. The van der Waals surface area contributed by atoms with E-state index in [4.69, 9.17) is 5.11 Å². The maximum absolute atomic E-state index is 12.1. The maximum atomic E-state index is 12.1. The minimum absolute atomic E-state index is 0.304. The largest absolute Gasteiger partial charge is 0.478 e. The van der Waals surface area contributed by atoms with Gasteiger partial charge in [0.15, 0.2) is 5.82 Å². The molecule has 0 aliphatic carbocycles. The molecule has 2 aromatic heterocycles. The Morgan fingerprint density at radius 3 is 2.90 bits per heavy atom. The molecule has 2 aromatic rings. The number of hydrogen-bond donors (Lipinski definition) is 3. The number of H-pyrrole nitrogens is 1. The van der Waals surface area contributed by atoms with Gasteiger partial charge in [-0.3, -0.25) is 9.78 Å². The van der Waals surface area contributed by atoms with Crippen molar-refractivity contribution in [2.24, 2.45) is 0 Å². The van der Waals surface area contributed by atoms with Crippen LogP contribution >= 0.6 is 0 Å². The highest BCUT2D eigenvalue weighted by Crippen LogP contribution is 2.08. The number of tetrazole rings is 1. The number of carbonyl (C=O) groups is 2. The second kappa shape index (κ2) is 6.37. The number of amides is 1. The number of carboxylic acid groups (broad SMARTS) is 1. The van der Waals surface area contributed by atoms with Gasteiger partial charge in [-0.25, -0.2) is 4.79 Å². The van der Waals surface area contributed by atoms with Crippen molar-refractivity contribution in [3.8, 4) is 0 Å². The molecule has 0 saturated heterocycles. The number of aliphatic carboxylic acids is 1. The Bertz CT molecular complexity index is 667. The monoisotopic (exact) mass is 288 g/mol. The molecule has 0 saturated carbocycles. The van der Waals surface area contributed by atoms with Crippen LogP contribution in [0.3, 0.4) is 0 Å². The predicted octanol–water partition coefficient (Wildman–Crippen LogP) is 0.183. The molecule has 9 nitrogen and oxygen atoms in total. The minimum atomic E-state index is -1.07. The van der Waals surface area contributed by atoms with E-state index >= 15 is 0 Å². The first-order chi connectivity index (χ1) is 10.1. The highest BCUT2D eigenvalue weighted by atomic mass is 16.4. The predicted molar refractivity (Wildman–Crippen MR) is 71.0 cm³/mol. The number of pyridine rings is 1. The first-order valence-electron chi connectivity index (χ1n) is 5.96. The molecule has 3 N–H and O–H groups in total. The van der Waals surface area contributed by atoms with Crippen molar-refractivity contribution < 1.29 is 14.7 Å². The summed E-state index contributed by atoms with van der Waals surface area (Å²) in [4.78, 5) is 26.4. The van der Waals surface area contributed by atoms with Gasteiger partial charge in [-0.2, -0.15) is 5.21 Å². The zero-order chi connectivity index (χ0) is 15.2. The molecule has 0 aliphatic heterocycles. The van der Waals surface area contributed by atoms with Gasteiger partial charge in [0, 0.05) is 18.5 Å². The van der Waals surface area contributed by atoms with E-state index in [1.165, 1.54) is 24.5 Å². The number of rotatable bonds is 5. The SMILES string of the molecule is CC(NC(=O)c1cncc(C=CC(=O)O)c1)c1nn[nH]n1. The fourth-order valence-electron chi connectivity index (χ4n) is 1.54. The lowest BCUT2D eigenvalue weighted by Crippen LogP contribution is -2.27. The van der Waals surface area contributed by atoms with Crippen LogP contribution in [-0.4, -0.2) is 42.6 Å². The van der Waals surface area contributed by atoms with Crippen molar-refractivity contribution in [3.05, 3.63) is 41.5 Å². The van der Waals surface area contributed by atoms with Crippen LogP contribution in [0.4, 0.5) is 0 Å². The van der Waals surface area contributed by atoms with Crippen LogP contribution in [0.5, 0.6) is 0 Å². The minimum Gasteiger partial charge on any atom is -0.478 e. The summed E-state index contributed by atoms with van der Waals surface area (Å²) in [5, 5.41) is 24.5. The van der Waals surface area contributed by atoms with Crippen molar-refractivity contribution in [2.75, 3.05) is 0 Å². The topological polar surface area (TPSA) is 134 Å². The smallest absolute Gasteiger partial charge is 0.328 e. The summed E-state index contributed by atoms with van der Waals surface area (Å²) in [7, 11) is 0. The second-order valence-corrected chi connectivity index (χ2v) is 4.14. The average Bonchev–Trinajstić information content (AvgIpc) is 2.99. The number of nitrogens with one attached hydrogen (secondary N) is 2. The molecule has 108 valence electrons. The summed E-state index contributed by atoms with van der Waals surface area (Å²) in [6, 6.07) is 1.11. The highest BCUT2D eigenvalue weighted by molar-refractivity contribution is 5.95. The van der Waals surface area contributed by atoms with E-state index in [1.54, 1.807) is 6.92 Å². The van der Waals surface area contributed by atoms with Gasteiger partial charge in [-0.15, -0.1) is 10.2 Å². The molecule has 2 rings (SSSR count). The first-order valence-corrected chi connectivity index (χ1v) is 5.96. The molecule has 1 atom stereocenters. The Kier molecular flexibility index (Phi) is 4.34. The van der Waals surface area contributed by atoms with E-state index in [9.17, 15) is 9.59 Å². The maximum Gasteiger partial charge on any atom is 0.328 e. The van der Waals surface area contributed by atoms with Crippen LogP contribution in [0.2, 0.25) is 0 Å². The van der Waals surface area contributed by atoms with Crippen LogP contribution in [0.15, 0.2) is 24.5 Å².